The summed E-state index contributed by atoms with van der Waals surface area (Å²) in [7, 11) is 1.49. The van der Waals surface area contributed by atoms with Crippen LogP contribution in [0.25, 0.3) is 0 Å². The van der Waals surface area contributed by atoms with Crippen molar-refractivity contribution in [1.82, 2.24) is 4.90 Å². The highest BCUT2D eigenvalue weighted by Gasteiger charge is 2.18. The number of phenolic OH excluding ortho intramolecular Hbond substituents is 1. The summed E-state index contributed by atoms with van der Waals surface area (Å²) in [6.45, 7) is 2.66. The minimum Gasteiger partial charge on any atom is -0.507 e. The summed E-state index contributed by atoms with van der Waals surface area (Å²) < 4.78 is 5.02. The lowest BCUT2D eigenvalue weighted by Gasteiger charge is -2.20. The number of carbonyl (C=O) groups is 1. The van der Waals surface area contributed by atoms with Gasteiger partial charge in [-0.15, -0.1) is 0 Å². The van der Waals surface area contributed by atoms with Gasteiger partial charge in [0.1, 0.15) is 11.5 Å². The van der Waals surface area contributed by atoms with Gasteiger partial charge in [0.05, 0.1) is 25.2 Å². The van der Waals surface area contributed by atoms with E-state index in [2.05, 4.69) is 0 Å². The molecule has 18 heavy (non-hydrogen) atoms. The van der Waals surface area contributed by atoms with Crippen molar-refractivity contribution in [3.05, 3.63) is 23.8 Å². The first-order valence-electron chi connectivity index (χ1n) is 5.67. The maximum Gasteiger partial charge on any atom is 0.257 e. The van der Waals surface area contributed by atoms with Crippen molar-refractivity contribution in [2.75, 3.05) is 20.2 Å². The zero-order chi connectivity index (χ0) is 13.5. The molecule has 0 heterocycles. The van der Waals surface area contributed by atoms with Gasteiger partial charge in [-0.3, -0.25) is 4.79 Å². The molecule has 5 nitrogen and oxygen atoms in total. The summed E-state index contributed by atoms with van der Waals surface area (Å²) >= 11 is 0. The average molecular weight is 248 g/mol. The molecular weight excluding hydrogens is 232 g/mol. The monoisotopic (exact) mass is 248 g/mol. The molecule has 0 atom stereocenters. The summed E-state index contributed by atoms with van der Waals surface area (Å²) in [5.74, 6) is 0.118. The van der Waals surface area contributed by atoms with Crippen LogP contribution in [0.15, 0.2) is 18.2 Å². The quantitative estimate of drug-likeness (QED) is 0.861. The Balaban J connectivity index is 2.97. The number of benzene rings is 1. The molecule has 1 rings (SSSR count). The van der Waals surface area contributed by atoms with Gasteiger partial charge in [-0.1, -0.05) is 0 Å². The Morgan fingerprint density at radius 2 is 2.28 bits per heavy atom. The number of nitriles is 1. The van der Waals surface area contributed by atoms with Crippen LogP contribution in [-0.4, -0.2) is 36.1 Å². The second-order valence-electron chi connectivity index (χ2n) is 3.68. The Hall–Kier alpha value is -2.22. The largest absolute Gasteiger partial charge is 0.507 e. The molecule has 1 aromatic rings. The fourth-order valence-corrected chi connectivity index (χ4v) is 1.57. The van der Waals surface area contributed by atoms with E-state index in [4.69, 9.17) is 10.00 Å². The number of aromatic hydroxyl groups is 1. The zero-order valence-electron chi connectivity index (χ0n) is 10.5. The fraction of sp³-hybridized carbons (Fsp3) is 0.385. The number of amides is 1. The first-order valence-corrected chi connectivity index (χ1v) is 5.67. The number of carbonyl (C=O) groups excluding carboxylic acids is 1. The molecule has 0 bridgehead atoms. The molecule has 0 spiro atoms. The van der Waals surface area contributed by atoms with Crippen LogP contribution in [0, 0.1) is 11.3 Å². The van der Waals surface area contributed by atoms with Crippen LogP contribution in [0.2, 0.25) is 0 Å². The molecule has 0 aromatic heterocycles. The third kappa shape index (κ3) is 3.14. The van der Waals surface area contributed by atoms with Crippen molar-refractivity contribution in [3.8, 4) is 17.6 Å². The zero-order valence-corrected chi connectivity index (χ0v) is 10.5. The molecule has 0 radical (unpaired) electrons. The number of ether oxygens (including phenoxy) is 1. The molecule has 1 N–H and O–H groups in total. The average Bonchev–Trinajstić information content (AvgIpc) is 2.40. The van der Waals surface area contributed by atoms with Crippen LogP contribution in [-0.2, 0) is 0 Å². The summed E-state index contributed by atoms with van der Waals surface area (Å²) in [6, 6.07) is 6.49. The van der Waals surface area contributed by atoms with Gasteiger partial charge in [0.25, 0.3) is 5.91 Å². The first kappa shape index (κ1) is 13.8. The molecule has 1 amide bonds. The topological polar surface area (TPSA) is 73.6 Å². The number of hydrogen-bond acceptors (Lipinski definition) is 4. The summed E-state index contributed by atoms with van der Waals surface area (Å²) in [5, 5.41) is 18.2. The van der Waals surface area contributed by atoms with Crippen LogP contribution < -0.4 is 4.74 Å². The standard InChI is InChI=1S/C13H16N2O3/c1-3-15(8-4-7-14)13(17)11-9-10(18-2)5-6-12(11)16/h5-6,9,16H,3-4,8H2,1-2H3. The maximum atomic E-state index is 12.2. The van der Waals surface area contributed by atoms with Crippen molar-refractivity contribution in [2.45, 2.75) is 13.3 Å². The Bertz CT molecular complexity index is 466. The fourth-order valence-electron chi connectivity index (χ4n) is 1.57. The van der Waals surface area contributed by atoms with Gasteiger partial charge in [-0.2, -0.15) is 5.26 Å². The number of phenols is 1. The van der Waals surface area contributed by atoms with Crippen LogP contribution in [0.1, 0.15) is 23.7 Å². The van der Waals surface area contributed by atoms with Gasteiger partial charge < -0.3 is 14.7 Å². The van der Waals surface area contributed by atoms with Gasteiger partial charge in [0.2, 0.25) is 0 Å². The van der Waals surface area contributed by atoms with Gasteiger partial charge in [0.15, 0.2) is 0 Å². The van der Waals surface area contributed by atoms with Crippen molar-refractivity contribution >= 4 is 5.91 Å². The number of hydrogen-bond donors (Lipinski definition) is 1. The van der Waals surface area contributed by atoms with E-state index in [0.29, 0.717) is 18.8 Å². The molecule has 0 unspecified atom stereocenters. The van der Waals surface area contributed by atoms with Crippen molar-refractivity contribution < 1.29 is 14.6 Å². The number of nitrogens with zero attached hydrogens (tertiary/aromatic N) is 2. The third-order valence-electron chi connectivity index (χ3n) is 2.60. The summed E-state index contributed by atoms with van der Waals surface area (Å²) in [4.78, 5) is 13.7. The minimum atomic E-state index is -0.302. The van der Waals surface area contributed by atoms with E-state index in [1.807, 2.05) is 13.0 Å². The van der Waals surface area contributed by atoms with Crippen LogP contribution in [0.5, 0.6) is 11.5 Å². The molecule has 1 aromatic carbocycles. The van der Waals surface area contributed by atoms with Crippen molar-refractivity contribution in [1.29, 1.82) is 5.26 Å². The second-order valence-corrected chi connectivity index (χ2v) is 3.68. The van der Waals surface area contributed by atoms with Crippen molar-refractivity contribution in [2.24, 2.45) is 0 Å². The van der Waals surface area contributed by atoms with E-state index in [1.165, 1.54) is 24.1 Å². The Labute approximate surface area is 106 Å². The highest BCUT2D eigenvalue weighted by atomic mass is 16.5. The van der Waals surface area contributed by atoms with Crippen LogP contribution >= 0.6 is 0 Å². The molecule has 96 valence electrons. The molecule has 0 aliphatic heterocycles. The Kier molecular flexibility index (Phi) is 5.00. The van der Waals surface area contributed by atoms with E-state index in [0.717, 1.165) is 0 Å². The molecule has 0 fully saturated rings. The first-order chi connectivity index (χ1) is 8.63. The lowest BCUT2D eigenvalue weighted by atomic mass is 10.1. The van der Waals surface area contributed by atoms with E-state index < -0.39 is 0 Å². The molecule has 0 saturated heterocycles. The second kappa shape index (κ2) is 6.50. The van der Waals surface area contributed by atoms with Crippen LogP contribution in [0.4, 0.5) is 0 Å². The van der Waals surface area contributed by atoms with Gasteiger partial charge >= 0.3 is 0 Å². The highest BCUT2D eigenvalue weighted by Crippen LogP contribution is 2.24. The summed E-state index contributed by atoms with van der Waals surface area (Å²) in [5.41, 5.74) is 0.189. The van der Waals surface area contributed by atoms with E-state index in [1.54, 1.807) is 6.07 Å². The third-order valence-corrected chi connectivity index (χ3v) is 2.60. The minimum absolute atomic E-state index is 0.0868. The molecule has 5 heteroatoms. The molecule has 0 saturated carbocycles. The van der Waals surface area contributed by atoms with Gasteiger partial charge in [-0.25, -0.2) is 0 Å². The number of rotatable bonds is 5. The highest BCUT2D eigenvalue weighted by molar-refractivity contribution is 5.97. The van der Waals surface area contributed by atoms with Gasteiger partial charge in [-0.05, 0) is 25.1 Å². The lowest BCUT2D eigenvalue weighted by molar-refractivity contribution is 0.0764. The summed E-state index contributed by atoms with van der Waals surface area (Å²) in [6.07, 6.45) is 0.268. The number of methoxy groups -OCH3 is 1. The maximum absolute atomic E-state index is 12.2. The molecular formula is C13H16N2O3. The van der Waals surface area contributed by atoms with E-state index in [-0.39, 0.29) is 23.6 Å². The normalized spacial score (nSPS) is 9.61. The van der Waals surface area contributed by atoms with Crippen LogP contribution in [0.3, 0.4) is 0 Å². The lowest BCUT2D eigenvalue weighted by Crippen LogP contribution is -2.31. The van der Waals surface area contributed by atoms with E-state index in [9.17, 15) is 9.90 Å². The van der Waals surface area contributed by atoms with E-state index >= 15 is 0 Å². The smallest absolute Gasteiger partial charge is 0.257 e. The molecule has 0 aliphatic carbocycles. The molecule has 0 aliphatic rings. The SMILES string of the molecule is CCN(CCC#N)C(=O)c1cc(OC)ccc1O. The van der Waals surface area contributed by atoms with Crippen molar-refractivity contribution in [3.63, 3.8) is 0 Å². The Morgan fingerprint density at radius 1 is 1.56 bits per heavy atom. The predicted molar refractivity (Wildman–Crippen MR) is 66.5 cm³/mol. The van der Waals surface area contributed by atoms with Gasteiger partial charge in [0, 0.05) is 13.1 Å². The predicted octanol–water partition coefficient (Wildman–Crippen LogP) is 1.78. The Morgan fingerprint density at radius 3 is 2.83 bits per heavy atom.